The summed E-state index contributed by atoms with van der Waals surface area (Å²) >= 11 is 1.43. The van der Waals surface area contributed by atoms with Crippen molar-refractivity contribution >= 4 is 27.2 Å². The molecular weight excluding hydrogens is 296 g/mol. The number of nitrogens with zero attached hydrogens (tertiary/aromatic N) is 1. The van der Waals surface area contributed by atoms with Crippen molar-refractivity contribution in [2.45, 2.75) is 6.54 Å². The third kappa shape index (κ3) is 2.50. The molecule has 21 heavy (non-hydrogen) atoms. The molecule has 6 heteroatoms. The van der Waals surface area contributed by atoms with Crippen molar-refractivity contribution < 1.29 is 13.6 Å². The Hall–Kier alpha value is -2.34. The molecule has 0 unspecified atom stereocenters. The molecule has 0 fully saturated rings. The SMILES string of the molecule is O=C(Cn1ccc2sccc2c1=O)c1ccc(F)cc1F. The fourth-order valence-corrected chi connectivity index (χ4v) is 2.86. The van der Waals surface area contributed by atoms with Crippen LogP contribution < -0.4 is 5.56 Å². The average Bonchev–Trinajstić information content (AvgIpc) is 2.91. The fraction of sp³-hybridized carbons (Fsp3) is 0.0667. The van der Waals surface area contributed by atoms with Gasteiger partial charge in [-0.05, 0) is 29.6 Å². The van der Waals surface area contributed by atoms with Crippen LogP contribution in [0.25, 0.3) is 10.1 Å². The summed E-state index contributed by atoms with van der Waals surface area (Å²) in [5, 5.41) is 2.31. The van der Waals surface area contributed by atoms with Crippen LogP contribution in [-0.4, -0.2) is 10.4 Å². The summed E-state index contributed by atoms with van der Waals surface area (Å²) < 4.78 is 28.4. The topological polar surface area (TPSA) is 39.1 Å². The number of aromatic nitrogens is 1. The van der Waals surface area contributed by atoms with E-state index in [4.69, 9.17) is 0 Å². The number of halogens is 2. The lowest BCUT2D eigenvalue weighted by atomic mass is 10.1. The number of Topliss-reactive ketones (excluding diaryl/α,β-unsaturated/α-hetero) is 1. The summed E-state index contributed by atoms with van der Waals surface area (Å²) in [6.45, 7) is -0.285. The van der Waals surface area contributed by atoms with Gasteiger partial charge < -0.3 is 4.57 Å². The Balaban J connectivity index is 1.96. The number of carbonyl (C=O) groups excluding carboxylic acids is 1. The number of benzene rings is 1. The predicted molar refractivity (Wildman–Crippen MR) is 76.8 cm³/mol. The summed E-state index contributed by atoms with van der Waals surface area (Å²) in [4.78, 5) is 24.2. The number of rotatable bonds is 3. The molecule has 0 radical (unpaired) electrons. The van der Waals surface area contributed by atoms with E-state index in [1.165, 1.54) is 22.1 Å². The van der Waals surface area contributed by atoms with E-state index in [9.17, 15) is 18.4 Å². The van der Waals surface area contributed by atoms with Gasteiger partial charge in [-0.2, -0.15) is 0 Å². The number of hydrogen-bond acceptors (Lipinski definition) is 3. The zero-order valence-corrected chi connectivity index (χ0v) is 11.5. The lowest BCUT2D eigenvalue weighted by Crippen LogP contribution is -2.23. The molecule has 3 nitrogen and oxygen atoms in total. The Morgan fingerprint density at radius 1 is 1.19 bits per heavy atom. The van der Waals surface area contributed by atoms with Crippen molar-refractivity contribution in [1.29, 1.82) is 0 Å². The van der Waals surface area contributed by atoms with Crippen LogP contribution in [0.15, 0.2) is 46.7 Å². The van der Waals surface area contributed by atoms with Gasteiger partial charge in [0.25, 0.3) is 5.56 Å². The summed E-state index contributed by atoms with van der Waals surface area (Å²) in [6, 6.07) is 6.16. The number of fused-ring (bicyclic) bond motifs is 1. The minimum atomic E-state index is -0.926. The number of ketones is 1. The van der Waals surface area contributed by atoms with E-state index in [2.05, 4.69) is 0 Å². The highest BCUT2D eigenvalue weighted by molar-refractivity contribution is 7.17. The molecule has 0 bridgehead atoms. The molecule has 3 aromatic rings. The summed E-state index contributed by atoms with van der Waals surface area (Å²) in [5.41, 5.74) is -0.529. The number of pyridine rings is 1. The number of thiophene rings is 1. The molecule has 2 aromatic heterocycles. The predicted octanol–water partition coefficient (Wildman–Crippen LogP) is 3.22. The quantitative estimate of drug-likeness (QED) is 0.697. The molecule has 0 amide bonds. The van der Waals surface area contributed by atoms with E-state index in [1.54, 1.807) is 17.5 Å². The van der Waals surface area contributed by atoms with Crippen molar-refractivity contribution in [1.82, 2.24) is 4.57 Å². The first kappa shape index (κ1) is 13.6. The van der Waals surface area contributed by atoms with Gasteiger partial charge in [0.1, 0.15) is 11.6 Å². The van der Waals surface area contributed by atoms with Gasteiger partial charge in [0.05, 0.1) is 17.5 Å². The highest BCUT2D eigenvalue weighted by Gasteiger charge is 2.14. The number of carbonyl (C=O) groups is 1. The van der Waals surface area contributed by atoms with Crippen LogP contribution in [0, 0.1) is 11.6 Å². The summed E-state index contributed by atoms with van der Waals surface area (Å²) in [5.74, 6) is -2.25. The van der Waals surface area contributed by atoms with Gasteiger partial charge in [0, 0.05) is 17.0 Å². The van der Waals surface area contributed by atoms with Gasteiger partial charge >= 0.3 is 0 Å². The van der Waals surface area contributed by atoms with Crippen LogP contribution in [-0.2, 0) is 6.54 Å². The number of hydrogen-bond donors (Lipinski definition) is 0. The Labute approximate surface area is 122 Å². The van der Waals surface area contributed by atoms with Crippen molar-refractivity contribution in [2.75, 3.05) is 0 Å². The van der Waals surface area contributed by atoms with E-state index in [1.807, 2.05) is 0 Å². The second kappa shape index (κ2) is 5.21. The molecule has 1 aromatic carbocycles. The van der Waals surface area contributed by atoms with E-state index in [0.29, 0.717) is 11.5 Å². The molecule has 0 spiro atoms. The van der Waals surface area contributed by atoms with Crippen LogP contribution in [0.5, 0.6) is 0 Å². The first-order valence-electron chi connectivity index (χ1n) is 6.11. The van der Waals surface area contributed by atoms with E-state index in [-0.39, 0.29) is 17.7 Å². The third-order valence-corrected chi connectivity index (χ3v) is 4.02. The largest absolute Gasteiger partial charge is 0.307 e. The molecule has 0 N–H and O–H groups in total. The smallest absolute Gasteiger partial charge is 0.259 e. The highest BCUT2D eigenvalue weighted by Crippen LogP contribution is 2.16. The standard InChI is InChI=1S/C15H9F2NO2S/c16-9-1-2-10(12(17)7-9)13(19)8-18-5-3-14-11(15(18)20)4-6-21-14/h1-7H,8H2. The van der Waals surface area contributed by atoms with E-state index in [0.717, 1.165) is 16.8 Å². The lowest BCUT2D eigenvalue weighted by molar-refractivity contribution is 0.0967. The lowest BCUT2D eigenvalue weighted by Gasteiger charge is -2.06. The molecule has 0 aliphatic rings. The molecule has 106 valence electrons. The van der Waals surface area contributed by atoms with Crippen LogP contribution >= 0.6 is 11.3 Å². The second-order valence-electron chi connectivity index (χ2n) is 4.49. The third-order valence-electron chi connectivity index (χ3n) is 3.14. The van der Waals surface area contributed by atoms with Crippen LogP contribution in [0.2, 0.25) is 0 Å². The molecule has 0 aliphatic heterocycles. The minimum Gasteiger partial charge on any atom is -0.307 e. The molecule has 0 saturated heterocycles. The van der Waals surface area contributed by atoms with Crippen molar-refractivity contribution in [3.05, 3.63) is 69.5 Å². The molecule has 0 aliphatic carbocycles. The summed E-state index contributed by atoms with van der Waals surface area (Å²) in [7, 11) is 0. The van der Waals surface area contributed by atoms with Gasteiger partial charge in [-0.15, -0.1) is 11.3 Å². The Morgan fingerprint density at radius 3 is 2.76 bits per heavy atom. The zero-order chi connectivity index (χ0) is 15.0. The normalized spacial score (nSPS) is 11.0. The van der Waals surface area contributed by atoms with Gasteiger partial charge in [0.15, 0.2) is 5.78 Å². The Kier molecular flexibility index (Phi) is 3.39. The molecule has 0 saturated carbocycles. The molecular formula is C15H9F2NO2S. The Morgan fingerprint density at radius 2 is 2.00 bits per heavy atom. The van der Waals surface area contributed by atoms with Crippen molar-refractivity contribution in [2.24, 2.45) is 0 Å². The molecule has 0 atom stereocenters. The summed E-state index contributed by atoms with van der Waals surface area (Å²) in [6.07, 6.45) is 1.50. The average molecular weight is 305 g/mol. The maximum Gasteiger partial charge on any atom is 0.259 e. The maximum atomic E-state index is 13.6. The Bertz CT molecular complexity index is 898. The fourth-order valence-electron chi connectivity index (χ4n) is 2.09. The van der Waals surface area contributed by atoms with Gasteiger partial charge in [-0.3, -0.25) is 9.59 Å². The monoisotopic (exact) mass is 305 g/mol. The minimum absolute atomic E-state index is 0.228. The molecule has 3 rings (SSSR count). The van der Waals surface area contributed by atoms with E-state index < -0.39 is 17.4 Å². The van der Waals surface area contributed by atoms with Crippen LogP contribution in [0.4, 0.5) is 8.78 Å². The van der Waals surface area contributed by atoms with Gasteiger partial charge in [-0.25, -0.2) is 8.78 Å². The van der Waals surface area contributed by atoms with E-state index >= 15 is 0 Å². The zero-order valence-electron chi connectivity index (χ0n) is 10.7. The van der Waals surface area contributed by atoms with Crippen molar-refractivity contribution in [3.63, 3.8) is 0 Å². The second-order valence-corrected chi connectivity index (χ2v) is 5.44. The van der Waals surface area contributed by atoms with Gasteiger partial charge in [0.2, 0.25) is 0 Å². The first-order chi connectivity index (χ1) is 10.1. The molecule has 2 heterocycles. The maximum absolute atomic E-state index is 13.6. The van der Waals surface area contributed by atoms with Crippen LogP contribution in [0.1, 0.15) is 10.4 Å². The first-order valence-corrected chi connectivity index (χ1v) is 6.99. The highest BCUT2D eigenvalue weighted by atomic mass is 32.1. The van der Waals surface area contributed by atoms with Gasteiger partial charge in [-0.1, -0.05) is 0 Å². The van der Waals surface area contributed by atoms with Crippen LogP contribution in [0.3, 0.4) is 0 Å². The van der Waals surface area contributed by atoms with Crippen molar-refractivity contribution in [3.8, 4) is 0 Å².